The van der Waals surface area contributed by atoms with Gasteiger partial charge in [0.25, 0.3) is 0 Å². The Bertz CT molecular complexity index is 452. The zero-order chi connectivity index (χ0) is 17.6. The normalized spacial score (nSPS) is 27.2. The maximum atomic E-state index is 12.9. The summed E-state index contributed by atoms with van der Waals surface area (Å²) in [5, 5.41) is 0. The van der Waals surface area contributed by atoms with Crippen LogP contribution in [0.15, 0.2) is 0 Å². The first-order valence-corrected chi connectivity index (χ1v) is 10.4. The minimum absolute atomic E-state index is 0.132. The van der Waals surface area contributed by atoms with Crippen molar-refractivity contribution in [3.63, 3.8) is 0 Å². The predicted molar refractivity (Wildman–Crippen MR) is 99.2 cm³/mol. The lowest BCUT2D eigenvalue weighted by atomic mass is 9.92. The largest absolute Gasteiger partial charge is 0.343 e. The smallest absolute Gasteiger partial charge is 0.225 e. The predicted octanol–water partition coefficient (Wildman–Crippen LogP) is 2.36. The van der Waals surface area contributed by atoms with Crippen LogP contribution in [0, 0.1) is 11.8 Å². The number of carbonyl (C=O) groups is 2. The first-order chi connectivity index (χ1) is 12.1. The van der Waals surface area contributed by atoms with Crippen LogP contribution in [0.1, 0.15) is 58.3 Å². The molecule has 3 aliphatic rings. The van der Waals surface area contributed by atoms with Crippen LogP contribution >= 0.6 is 0 Å². The second-order valence-corrected chi connectivity index (χ2v) is 8.29. The molecule has 0 unspecified atom stereocenters. The number of hydrogen-bond acceptors (Lipinski definition) is 3. The molecular formula is C20H35N3O2. The van der Waals surface area contributed by atoms with Crippen molar-refractivity contribution in [2.75, 3.05) is 45.8 Å². The van der Waals surface area contributed by atoms with E-state index < -0.39 is 0 Å². The van der Waals surface area contributed by atoms with Crippen molar-refractivity contribution >= 4 is 11.8 Å². The average Bonchev–Trinajstić information content (AvgIpc) is 2.90. The van der Waals surface area contributed by atoms with Gasteiger partial charge in [0.15, 0.2) is 0 Å². The van der Waals surface area contributed by atoms with Crippen LogP contribution < -0.4 is 0 Å². The molecule has 0 saturated carbocycles. The van der Waals surface area contributed by atoms with Crippen LogP contribution in [-0.2, 0) is 9.59 Å². The fourth-order valence-corrected chi connectivity index (χ4v) is 4.80. The molecule has 1 atom stereocenters. The highest BCUT2D eigenvalue weighted by atomic mass is 16.2. The van der Waals surface area contributed by atoms with E-state index in [9.17, 15) is 9.59 Å². The Kier molecular flexibility index (Phi) is 6.74. The van der Waals surface area contributed by atoms with Gasteiger partial charge >= 0.3 is 0 Å². The van der Waals surface area contributed by atoms with E-state index in [1.165, 1.54) is 51.7 Å². The summed E-state index contributed by atoms with van der Waals surface area (Å²) in [5.74, 6) is 1.27. The third-order valence-electron chi connectivity index (χ3n) is 6.34. The lowest BCUT2D eigenvalue weighted by molar-refractivity contribution is -0.141. The van der Waals surface area contributed by atoms with E-state index in [2.05, 4.69) is 9.80 Å². The van der Waals surface area contributed by atoms with Crippen LogP contribution in [0.4, 0.5) is 0 Å². The lowest BCUT2D eigenvalue weighted by Gasteiger charge is -2.39. The lowest BCUT2D eigenvalue weighted by Crippen LogP contribution is -2.48. The standard InChI is InChI=1S/C20H35N3O2/c1-17(24)22-13-8-19(9-14-22)20(25)23-12-6-7-18(16-23)15-21-10-4-2-3-5-11-21/h18-19H,2-16H2,1H3/t18-/m0/s1. The highest BCUT2D eigenvalue weighted by molar-refractivity contribution is 5.79. The SMILES string of the molecule is CC(=O)N1CCC(C(=O)N2CCC[C@@H](CN3CCCCCC3)C2)CC1. The highest BCUT2D eigenvalue weighted by Crippen LogP contribution is 2.25. The van der Waals surface area contributed by atoms with Crippen molar-refractivity contribution in [1.82, 2.24) is 14.7 Å². The van der Waals surface area contributed by atoms with Crippen LogP contribution in [0.3, 0.4) is 0 Å². The highest BCUT2D eigenvalue weighted by Gasteiger charge is 2.32. The quantitative estimate of drug-likeness (QED) is 0.786. The number of amides is 2. The molecule has 0 aromatic heterocycles. The molecule has 0 aromatic carbocycles. The molecule has 3 fully saturated rings. The number of likely N-dealkylation sites (tertiary alicyclic amines) is 3. The van der Waals surface area contributed by atoms with Gasteiger partial charge in [-0.3, -0.25) is 9.59 Å². The van der Waals surface area contributed by atoms with Crippen LogP contribution in [0.5, 0.6) is 0 Å². The molecule has 0 aliphatic carbocycles. The van der Waals surface area contributed by atoms with Gasteiger partial charge in [0.2, 0.25) is 11.8 Å². The van der Waals surface area contributed by atoms with Gasteiger partial charge in [-0.05, 0) is 57.5 Å². The van der Waals surface area contributed by atoms with E-state index in [-0.39, 0.29) is 11.8 Å². The molecular weight excluding hydrogens is 314 g/mol. The summed E-state index contributed by atoms with van der Waals surface area (Å²) in [4.78, 5) is 31.0. The van der Waals surface area contributed by atoms with E-state index in [4.69, 9.17) is 0 Å². The summed E-state index contributed by atoms with van der Waals surface area (Å²) >= 11 is 0. The van der Waals surface area contributed by atoms with E-state index in [1.54, 1.807) is 6.92 Å². The third kappa shape index (κ3) is 5.19. The fraction of sp³-hybridized carbons (Fsp3) is 0.900. The van der Waals surface area contributed by atoms with E-state index in [0.717, 1.165) is 45.4 Å². The summed E-state index contributed by atoms with van der Waals surface area (Å²) in [5.41, 5.74) is 0. The van der Waals surface area contributed by atoms with E-state index in [1.807, 2.05) is 4.90 Å². The zero-order valence-electron chi connectivity index (χ0n) is 15.9. The second-order valence-electron chi connectivity index (χ2n) is 8.29. The Labute approximate surface area is 152 Å². The van der Waals surface area contributed by atoms with E-state index >= 15 is 0 Å². The van der Waals surface area contributed by atoms with Gasteiger partial charge in [-0.1, -0.05) is 12.8 Å². The van der Waals surface area contributed by atoms with E-state index in [0.29, 0.717) is 11.8 Å². The monoisotopic (exact) mass is 349 g/mol. The molecule has 0 aromatic rings. The summed E-state index contributed by atoms with van der Waals surface area (Å²) in [6.45, 7) is 8.66. The molecule has 3 saturated heterocycles. The van der Waals surface area contributed by atoms with Gasteiger partial charge in [0.1, 0.15) is 0 Å². The van der Waals surface area contributed by atoms with Crippen LogP contribution in [0.2, 0.25) is 0 Å². The van der Waals surface area contributed by atoms with Gasteiger partial charge in [-0.25, -0.2) is 0 Å². The summed E-state index contributed by atoms with van der Waals surface area (Å²) in [6.07, 6.45) is 9.53. The van der Waals surface area contributed by atoms with Crippen molar-refractivity contribution < 1.29 is 9.59 Å². The fourth-order valence-electron chi connectivity index (χ4n) is 4.80. The van der Waals surface area contributed by atoms with Crippen molar-refractivity contribution in [3.8, 4) is 0 Å². The minimum atomic E-state index is 0.132. The van der Waals surface area contributed by atoms with Crippen LogP contribution in [-0.4, -0.2) is 72.3 Å². The molecule has 0 bridgehead atoms. The minimum Gasteiger partial charge on any atom is -0.343 e. The van der Waals surface area contributed by atoms with Gasteiger partial charge in [-0.2, -0.15) is 0 Å². The van der Waals surface area contributed by atoms with Gasteiger partial charge in [0.05, 0.1) is 0 Å². The number of rotatable bonds is 3. The molecule has 5 nitrogen and oxygen atoms in total. The summed E-state index contributed by atoms with van der Waals surface area (Å²) < 4.78 is 0. The number of carbonyl (C=O) groups excluding carboxylic acids is 2. The third-order valence-corrected chi connectivity index (χ3v) is 6.34. The molecule has 5 heteroatoms. The number of hydrogen-bond donors (Lipinski definition) is 0. The Morgan fingerprint density at radius 2 is 1.48 bits per heavy atom. The Hall–Kier alpha value is -1.10. The second kappa shape index (κ2) is 9.02. The van der Waals surface area contributed by atoms with Crippen molar-refractivity contribution in [2.24, 2.45) is 11.8 Å². The molecule has 2 amide bonds. The molecule has 142 valence electrons. The summed E-state index contributed by atoms with van der Waals surface area (Å²) in [6, 6.07) is 0. The van der Waals surface area contributed by atoms with Crippen molar-refractivity contribution in [2.45, 2.75) is 58.3 Å². The van der Waals surface area contributed by atoms with Crippen molar-refractivity contribution in [3.05, 3.63) is 0 Å². The molecule has 0 spiro atoms. The molecule has 3 rings (SSSR count). The maximum absolute atomic E-state index is 12.9. The first-order valence-electron chi connectivity index (χ1n) is 10.4. The van der Waals surface area contributed by atoms with Crippen LogP contribution in [0.25, 0.3) is 0 Å². The Morgan fingerprint density at radius 3 is 2.12 bits per heavy atom. The number of nitrogens with zero attached hydrogens (tertiary/aromatic N) is 3. The average molecular weight is 350 g/mol. The topological polar surface area (TPSA) is 43.9 Å². The summed E-state index contributed by atoms with van der Waals surface area (Å²) in [7, 11) is 0. The molecule has 25 heavy (non-hydrogen) atoms. The molecule has 3 heterocycles. The zero-order valence-corrected chi connectivity index (χ0v) is 15.9. The van der Waals surface area contributed by atoms with Gasteiger partial charge in [-0.15, -0.1) is 0 Å². The van der Waals surface area contributed by atoms with Crippen molar-refractivity contribution in [1.29, 1.82) is 0 Å². The molecule has 3 aliphatic heterocycles. The Balaban J connectivity index is 1.47. The molecule has 0 N–H and O–H groups in total. The van der Waals surface area contributed by atoms with Gasteiger partial charge in [0, 0.05) is 45.6 Å². The van der Waals surface area contributed by atoms with Gasteiger partial charge < -0.3 is 14.7 Å². The maximum Gasteiger partial charge on any atom is 0.225 e. The molecule has 0 radical (unpaired) electrons. The first kappa shape index (κ1) is 18.7. The Morgan fingerprint density at radius 1 is 0.800 bits per heavy atom. The number of piperidine rings is 2.